The maximum absolute atomic E-state index is 12.2. The number of rotatable bonds is 5. The van der Waals surface area contributed by atoms with Gasteiger partial charge in [0, 0.05) is 21.4 Å². The van der Waals surface area contributed by atoms with E-state index in [1.807, 2.05) is 18.2 Å². The number of halogens is 2. The smallest absolute Gasteiger partial charge is 0.257 e. The summed E-state index contributed by atoms with van der Waals surface area (Å²) in [4.78, 5) is 12.2. The van der Waals surface area contributed by atoms with Gasteiger partial charge in [-0.3, -0.25) is 10.1 Å². The van der Waals surface area contributed by atoms with Crippen molar-refractivity contribution in [2.45, 2.75) is 10.1 Å². The molecule has 4 nitrogen and oxygen atoms in total. The van der Waals surface area contributed by atoms with Crippen LogP contribution in [0.15, 0.2) is 52.9 Å². The van der Waals surface area contributed by atoms with Crippen molar-refractivity contribution in [2.24, 2.45) is 0 Å². The van der Waals surface area contributed by atoms with Crippen LogP contribution in [0.1, 0.15) is 15.9 Å². The summed E-state index contributed by atoms with van der Waals surface area (Å²) in [6.07, 6.45) is 0. The highest BCUT2D eigenvalue weighted by molar-refractivity contribution is 8.00. The summed E-state index contributed by atoms with van der Waals surface area (Å²) in [6.45, 7) is 0. The van der Waals surface area contributed by atoms with E-state index in [-0.39, 0.29) is 5.91 Å². The fourth-order valence-corrected chi connectivity index (χ4v) is 4.12. The van der Waals surface area contributed by atoms with Gasteiger partial charge in [-0.1, -0.05) is 76.6 Å². The van der Waals surface area contributed by atoms with Crippen LogP contribution in [0, 0.1) is 0 Å². The molecule has 3 aromatic rings. The number of carbonyl (C=O) groups is 1. The van der Waals surface area contributed by atoms with Crippen molar-refractivity contribution in [3.63, 3.8) is 0 Å². The van der Waals surface area contributed by atoms with Crippen LogP contribution in [0.5, 0.6) is 0 Å². The Morgan fingerprint density at radius 2 is 1.79 bits per heavy atom. The Kier molecular flexibility index (Phi) is 5.73. The van der Waals surface area contributed by atoms with Crippen molar-refractivity contribution in [2.75, 3.05) is 5.32 Å². The highest BCUT2D eigenvalue weighted by atomic mass is 35.5. The van der Waals surface area contributed by atoms with Gasteiger partial charge >= 0.3 is 0 Å². The molecular formula is C16H11Cl2N3OS2. The van der Waals surface area contributed by atoms with Gasteiger partial charge in [0.2, 0.25) is 5.13 Å². The predicted molar refractivity (Wildman–Crippen MR) is 100 cm³/mol. The lowest BCUT2D eigenvalue weighted by Gasteiger charge is -2.02. The van der Waals surface area contributed by atoms with Gasteiger partial charge < -0.3 is 0 Å². The number of hydrogen-bond acceptors (Lipinski definition) is 5. The number of carbonyl (C=O) groups excluding carboxylic acids is 1. The summed E-state index contributed by atoms with van der Waals surface area (Å²) in [5.41, 5.74) is 1.58. The lowest BCUT2D eigenvalue weighted by atomic mass is 10.2. The van der Waals surface area contributed by atoms with Crippen LogP contribution < -0.4 is 5.32 Å². The van der Waals surface area contributed by atoms with Crippen molar-refractivity contribution >= 4 is 57.3 Å². The zero-order valence-electron chi connectivity index (χ0n) is 12.2. The number of nitrogens with one attached hydrogen (secondary N) is 1. The van der Waals surface area contributed by atoms with Gasteiger partial charge in [-0.25, -0.2) is 0 Å². The molecule has 1 amide bonds. The lowest BCUT2D eigenvalue weighted by Crippen LogP contribution is -2.11. The Labute approximate surface area is 157 Å². The molecular weight excluding hydrogens is 385 g/mol. The number of anilines is 1. The molecule has 2 aromatic carbocycles. The Bertz CT molecular complexity index is 835. The van der Waals surface area contributed by atoms with Gasteiger partial charge in [0.15, 0.2) is 4.34 Å². The van der Waals surface area contributed by atoms with Crippen LogP contribution in [0.3, 0.4) is 0 Å². The van der Waals surface area contributed by atoms with Crippen LogP contribution in [-0.2, 0) is 5.75 Å². The molecule has 1 heterocycles. The summed E-state index contributed by atoms with van der Waals surface area (Å²) >= 11 is 14.7. The normalized spacial score (nSPS) is 10.6. The number of thioether (sulfide) groups is 1. The first kappa shape index (κ1) is 17.2. The molecule has 1 N–H and O–H groups in total. The molecule has 0 aliphatic rings. The van der Waals surface area contributed by atoms with E-state index in [0.717, 1.165) is 10.1 Å². The summed E-state index contributed by atoms with van der Waals surface area (Å²) in [7, 11) is 0. The molecule has 3 rings (SSSR count). The molecule has 0 radical (unpaired) electrons. The summed E-state index contributed by atoms with van der Waals surface area (Å²) < 4.78 is 0.790. The summed E-state index contributed by atoms with van der Waals surface area (Å²) in [5.74, 6) is 0.475. The average molecular weight is 396 g/mol. The van der Waals surface area contributed by atoms with Gasteiger partial charge in [-0.05, 0) is 23.8 Å². The molecule has 0 atom stereocenters. The summed E-state index contributed by atoms with van der Waals surface area (Å²) in [6, 6.07) is 14.8. The van der Waals surface area contributed by atoms with E-state index in [0.29, 0.717) is 20.7 Å². The van der Waals surface area contributed by atoms with Crippen molar-refractivity contribution in [1.29, 1.82) is 0 Å². The minimum Gasteiger partial charge on any atom is -0.296 e. The second-order valence-electron chi connectivity index (χ2n) is 4.76. The maximum atomic E-state index is 12.2. The number of amides is 1. The van der Waals surface area contributed by atoms with E-state index < -0.39 is 0 Å². The van der Waals surface area contributed by atoms with E-state index >= 15 is 0 Å². The van der Waals surface area contributed by atoms with E-state index in [2.05, 4.69) is 27.6 Å². The van der Waals surface area contributed by atoms with E-state index in [9.17, 15) is 4.79 Å². The topological polar surface area (TPSA) is 54.9 Å². The van der Waals surface area contributed by atoms with Gasteiger partial charge in [0.1, 0.15) is 0 Å². The third-order valence-corrected chi connectivity index (χ3v) is 5.44. The largest absolute Gasteiger partial charge is 0.296 e. The third kappa shape index (κ3) is 4.70. The number of nitrogens with zero attached hydrogens (tertiary/aromatic N) is 2. The first-order valence-corrected chi connectivity index (χ1v) is 9.43. The molecule has 0 spiro atoms. The predicted octanol–water partition coefficient (Wildman–Crippen LogP) is 5.39. The molecule has 0 unspecified atom stereocenters. The first-order chi connectivity index (χ1) is 11.6. The molecule has 0 aliphatic carbocycles. The summed E-state index contributed by atoms with van der Waals surface area (Å²) in [5, 5.41) is 12.0. The maximum Gasteiger partial charge on any atom is 0.257 e. The zero-order valence-corrected chi connectivity index (χ0v) is 15.3. The minimum atomic E-state index is -0.324. The van der Waals surface area contributed by atoms with Gasteiger partial charge in [0.05, 0.1) is 0 Å². The van der Waals surface area contributed by atoms with Crippen LogP contribution in [0.4, 0.5) is 5.13 Å². The van der Waals surface area contributed by atoms with Crippen LogP contribution in [0.2, 0.25) is 10.0 Å². The first-order valence-electron chi connectivity index (χ1n) is 6.88. The van der Waals surface area contributed by atoms with Crippen molar-refractivity contribution < 1.29 is 4.79 Å². The SMILES string of the molecule is O=C(Nc1nnc(SCc2ccccc2)s1)c1cc(Cl)cc(Cl)c1. The molecule has 0 saturated heterocycles. The number of benzene rings is 2. The van der Waals surface area contributed by atoms with Crippen molar-refractivity contribution in [3.8, 4) is 0 Å². The average Bonchev–Trinajstić information content (AvgIpc) is 3.00. The van der Waals surface area contributed by atoms with Crippen LogP contribution in [0.25, 0.3) is 0 Å². The van der Waals surface area contributed by atoms with Crippen LogP contribution in [-0.4, -0.2) is 16.1 Å². The van der Waals surface area contributed by atoms with Gasteiger partial charge in [-0.2, -0.15) is 0 Å². The Hall–Kier alpha value is -1.60. The Morgan fingerprint density at radius 1 is 1.08 bits per heavy atom. The highest BCUT2D eigenvalue weighted by Crippen LogP contribution is 2.28. The Balaban J connectivity index is 1.62. The monoisotopic (exact) mass is 395 g/mol. The van der Waals surface area contributed by atoms with E-state index in [1.54, 1.807) is 30.0 Å². The zero-order chi connectivity index (χ0) is 16.9. The molecule has 8 heteroatoms. The Morgan fingerprint density at radius 3 is 2.50 bits per heavy atom. The number of aromatic nitrogens is 2. The lowest BCUT2D eigenvalue weighted by molar-refractivity contribution is 0.102. The quantitative estimate of drug-likeness (QED) is 0.464. The molecule has 24 heavy (non-hydrogen) atoms. The minimum absolute atomic E-state index is 0.324. The fourth-order valence-electron chi connectivity index (χ4n) is 1.89. The standard InChI is InChI=1S/C16H11Cl2N3OS2/c17-12-6-11(7-13(18)8-12)14(22)19-15-20-21-16(24-15)23-9-10-4-2-1-3-5-10/h1-8H,9H2,(H,19,20,22). The molecule has 0 fully saturated rings. The molecule has 0 aliphatic heterocycles. The van der Waals surface area contributed by atoms with Crippen LogP contribution >= 0.6 is 46.3 Å². The molecule has 1 aromatic heterocycles. The molecule has 122 valence electrons. The van der Waals surface area contributed by atoms with E-state index in [1.165, 1.54) is 16.9 Å². The van der Waals surface area contributed by atoms with Gasteiger partial charge in [0.25, 0.3) is 5.91 Å². The second-order valence-corrected chi connectivity index (χ2v) is 7.83. The number of hydrogen-bond donors (Lipinski definition) is 1. The molecule has 0 bridgehead atoms. The fraction of sp³-hybridized carbons (Fsp3) is 0.0625. The van der Waals surface area contributed by atoms with E-state index in [4.69, 9.17) is 23.2 Å². The van der Waals surface area contributed by atoms with Crippen molar-refractivity contribution in [3.05, 3.63) is 69.7 Å². The highest BCUT2D eigenvalue weighted by Gasteiger charge is 2.12. The molecule has 0 saturated carbocycles. The second kappa shape index (κ2) is 7.98. The third-order valence-electron chi connectivity index (χ3n) is 2.96. The van der Waals surface area contributed by atoms with Crippen molar-refractivity contribution in [1.82, 2.24) is 10.2 Å². The van der Waals surface area contributed by atoms with Gasteiger partial charge in [-0.15, -0.1) is 10.2 Å².